The van der Waals surface area contributed by atoms with Crippen molar-refractivity contribution in [2.75, 3.05) is 72.7 Å². The van der Waals surface area contributed by atoms with Gasteiger partial charge in [-0.2, -0.15) is 0 Å². The Balaban J connectivity index is 0.954. The molecule has 11 aliphatic rings. The molecule has 58 heteroatoms. The van der Waals surface area contributed by atoms with E-state index in [1.807, 2.05) is 0 Å². The maximum atomic E-state index is 13.3. The van der Waals surface area contributed by atoms with Gasteiger partial charge >= 0.3 is 0 Å². The minimum absolute atomic E-state index is 0.442. The predicted octanol–water partition coefficient (Wildman–Crippen LogP) is -21.4. The third-order valence-electron chi connectivity index (χ3n) is 25.6. The van der Waals surface area contributed by atoms with E-state index in [4.69, 9.17) is 99.5 Å². The third-order valence-corrected chi connectivity index (χ3v) is 25.6. The molecule has 0 saturated carbocycles. The number of aliphatic hydroxyl groups is 29. The number of hydrogen-bond acceptors (Lipinski definition) is 54. The first-order chi connectivity index (χ1) is 64.3. The summed E-state index contributed by atoms with van der Waals surface area (Å²) in [4.78, 5) is 52.1. The van der Waals surface area contributed by atoms with Crippen molar-refractivity contribution >= 4 is 23.6 Å². The van der Waals surface area contributed by atoms with Crippen molar-refractivity contribution in [3.63, 3.8) is 0 Å². The van der Waals surface area contributed by atoms with Gasteiger partial charge in [0.1, 0.15) is 250 Å². The highest BCUT2D eigenvalue weighted by atomic mass is 16.8. The van der Waals surface area contributed by atoms with Crippen LogP contribution < -0.4 is 21.3 Å². The molecule has 22 unspecified atom stereocenters. The van der Waals surface area contributed by atoms with Gasteiger partial charge < -0.3 is 269 Å². The van der Waals surface area contributed by atoms with Crippen LogP contribution in [0.1, 0.15) is 48.5 Å². The maximum absolute atomic E-state index is 13.3. The number of nitrogens with one attached hydrogen (secondary N) is 4. The summed E-state index contributed by atoms with van der Waals surface area (Å²) in [6.07, 6.45) is -102. The van der Waals surface area contributed by atoms with Crippen molar-refractivity contribution in [3.05, 3.63) is 0 Å². The summed E-state index contributed by atoms with van der Waals surface area (Å²) in [6, 6.07) is -7.07. The molecule has 11 saturated heterocycles. The first-order valence-electron chi connectivity index (χ1n) is 44.2. The second kappa shape index (κ2) is 49.2. The third kappa shape index (κ3) is 24.6. The van der Waals surface area contributed by atoms with Crippen molar-refractivity contribution in [3.8, 4) is 0 Å². The number of ether oxygens (including phenoxy) is 21. The molecular formula is C78H132N4O54. The van der Waals surface area contributed by atoms with Gasteiger partial charge in [-0.25, -0.2) is 0 Å². The summed E-state index contributed by atoms with van der Waals surface area (Å²) in [5, 5.41) is 336. The number of carbonyl (C=O) groups is 4. The lowest BCUT2D eigenvalue weighted by Gasteiger charge is -2.51. The Bertz CT molecular complexity index is 3700. The molecule has 55 atom stereocenters. The monoisotopic (exact) mass is 1990 g/mol. The van der Waals surface area contributed by atoms with Crippen LogP contribution in [-0.2, 0) is 119 Å². The Kier molecular flexibility index (Phi) is 40.6. The van der Waals surface area contributed by atoms with Gasteiger partial charge in [0.05, 0.1) is 90.9 Å². The van der Waals surface area contributed by atoms with E-state index in [-0.39, 0.29) is 0 Å². The molecule has 0 aromatic heterocycles. The average molecular weight is 1990 g/mol. The summed E-state index contributed by atoms with van der Waals surface area (Å²) in [5.41, 5.74) is 0. The normalized spacial score (nSPS) is 49.3. The molecule has 788 valence electrons. The fourth-order valence-corrected chi connectivity index (χ4v) is 18.1. The number of hydrogen-bond donors (Lipinski definition) is 33. The predicted molar refractivity (Wildman–Crippen MR) is 424 cm³/mol. The highest BCUT2D eigenvalue weighted by Gasteiger charge is 2.63. The van der Waals surface area contributed by atoms with Gasteiger partial charge in [0.25, 0.3) is 0 Å². The lowest BCUT2D eigenvalue weighted by Crippen LogP contribution is -2.71. The van der Waals surface area contributed by atoms with Gasteiger partial charge in [-0.15, -0.1) is 0 Å². The van der Waals surface area contributed by atoms with Gasteiger partial charge in [0.15, 0.2) is 62.9 Å². The lowest BCUT2D eigenvalue weighted by molar-refractivity contribution is -0.401. The smallest absolute Gasteiger partial charge is 0.217 e. The van der Waals surface area contributed by atoms with Crippen molar-refractivity contribution < 1.29 is 267 Å². The Morgan fingerprint density at radius 3 is 0.846 bits per heavy atom. The Morgan fingerprint density at radius 1 is 0.228 bits per heavy atom. The largest absolute Gasteiger partial charge is 0.394 e. The van der Waals surface area contributed by atoms with E-state index in [0.29, 0.717) is 0 Å². The van der Waals surface area contributed by atoms with Gasteiger partial charge in [0, 0.05) is 33.6 Å². The summed E-state index contributed by atoms with van der Waals surface area (Å²) in [7, 11) is 0. The van der Waals surface area contributed by atoms with E-state index in [1.54, 1.807) is 13.8 Å². The van der Waals surface area contributed by atoms with Crippen LogP contribution in [0.4, 0.5) is 0 Å². The summed E-state index contributed by atoms with van der Waals surface area (Å²) in [5.74, 6) is -5.41. The van der Waals surface area contributed by atoms with Crippen LogP contribution in [0.2, 0.25) is 0 Å². The van der Waals surface area contributed by atoms with Crippen molar-refractivity contribution in [2.45, 2.75) is 380 Å². The molecule has 136 heavy (non-hydrogen) atoms. The molecule has 0 bridgehead atoms. The topological polar surface area (TPSA) is 897 Å². The Hall–Kier alpha value is -4.12. The quantitative estimate of drug-likeness (QED) is 0.0277. The van der Waals surface area contributed by atoms with E-state index < -0.39 is 439 Å². The number of carbonyl (C=O) groups excluding carboxylic acids is 4. The maximum Gasteiger partial charge on any atom is 0.217 e. The lowest BCUT2D eigenvalue weighted by atomic mass is 9.87. The number of aliphatic hydroxyl groups excluding tert-OH is 29. The second-order valence-electron chi connectivity index (χ2n) is 35.5. The van der Waals surface area contributed by atoms with Gasteiger partial charge in [-0.05, 0) is 5.92 Å². The molecule has 11 rings (SSSR count). The molecule has 0 radical (unpaired) electrons. The van der Waals surface area contributed by atoms with Crippen LogP contribution in [0.15, 0.2) is 0 Å². The van der Waals surface area contributed by atoms with Crippen molar-refractivity contribution in [1.29, 1.82) is 0 Å². The van der Waals surface area contributed by atoms with Crippen LogP contribution in [0, 0.1) is 11.8 Å². The fourth-order valence-electron chi connectivity index (χ4n) is 18.1. The van der Waals surface area contributed by atoms with Gasteiger partial charge in [-0.1, -0.05) is 20.8 Å². The molecule has 0 aliphatic carbocycles. The van der Waals surface area contributed by atoms with Gasteiger partial charge in [-0.3, -0.25) is 19.2 Å². The summed E-state index contributed by atoms with van der Waals surface area (Å²) >= 11 is 0. The zero-order valence-electron chi connectivity index (χ0n) is 74.3. The second-order valence-corrected chi connectivity index (χ2v) is 35.5. The first kappa shape index (κ1) is 112. The van der Waals surface area contributed by atoms with Crippen molar-refractivity contribution in [2.24, 2.45) is 11.8 Å². The Morgan fingerprint density at radius 2 is 0.471 bits per heavy atom. The zero-order chi connectivity index (χ0) is 100. The number of amides is 4. The minimum atomic E-state index is -2.62. The molecule has 11 aliphatic heterocycles. The first-order valence-corrected chi connectivity index (χ1v) is 44.2. The summed E-state index contributed by atoms with van der Waals surface area (Å²) < 4.78 is 127. The molecule has 0 aromatic rings. The SMILES string of the molecule is CC(=O)NC1[C@H](OCC2O[C@@H](OCC3O[C@@H](O[C@@H]4C(CO)O[C@@H](O[C@@H]5C(CO)O[C@@H](C(C)C)C(NC(C)=O)[C@H]5O)C(NC(C)=O)[C@H]4O)C(O)[C@@H](O[C@H]4OC(CO)[C@@H](O)[C@H](O)C4O[C@@H]4OC(CO)[C@@H](O[C@@H]5OC(CO)[C@H](O)[C@H](O)C5O)[C@H](O)C4C)[C@@H]3O)C(O[C@@H]3OC(CO)[C@@H](O[C@@H]4OC(CO)[C@H](O)[C@H](O)C4O)[C@H](O)C3NC(C)=O)[C@@H](O)[C@@H]2O)OC(CO)[C@@H](O[C@@H]2OC(CO)[C@H](O)[C@H](O)C2O)[C@@H]1O. The minimum Gasteiger partial charge on any atom is -0.394 e. The van der Waals surface area contributed by atoms with E-state index in [2.05, 4.69) is 21.3 Å². The van der Waals surface area contributed by atoms with Crippen molar-refractivity contribution in [1.82, 2.24) is 21.3 Å². The highest BCUT2D eigenvalue weighted by Crippen LogP contribution is 2.43. The van der Waals surface area contributed by atoms with Crippen LogP contribution >= 0.6 is 0 Å². The van der Waals surface area contributed by atoms with E-state index in [1.165, 1.54) is 6.92 Å². The average Bonchev–Trinajstić information content (AvgIpc) is 0.763. The standard InChI is InChI=1S/C78H132N4O54/c1-19(2)60-36(79-21(4)92)47(103)62(29(12-87)118-60)129-71-38(81-23(6)94)49(105)65(33(16-91)125-71)133-76-59(115)66(134-78-68(54(110)44(100)28(11-86)122-78)135-69-20(3)40(96)61(30(13-88)123-69)130-73-56(112)51(107)41(97)25(8-83)119-73)46(102)35(127-76)18-117-77-67(136-72-39(82-24(7)95)50(106)64(32(15-90)126-72)132-75-58(114)53(109)43(99)27(10-85)121-75)55(111)45(101)34(128-77)17-116-70-37(80-22(5)93)48(104)63(31(14-89)124-70)131-74-57(113)52(108)42(98)26(9-84)120-74/h19-20,25-78,83-91,96-115H,8-18H2,1-7H3,(H,79,92)(H,80,93)(H,81,94)(H,82,95)/t20?,25?,26?,27?,28?,29?,30?,31?,32?,33?,34?,35?,36?,37?,38?,39?,40-,41+,42+,43+,44-,45-,46-,47-,48-,49-,50-,51+,52+,53+,54+,55+,56?,57?,58?,59?,60+,61-,62-,63-,64-,65-,66+,67?,68?,69+,70-,71+,72+,73+,74+,75+,76+,77-,78-/m1/s1. The molecule has 11 heterocycles. The molecule has 0 spiro atoms. The van der Waals surface area contributed by atoms with E-state index >= 15 is 0 Å². The molecular weight excluding hydrogens is 1860 g/mol. The van der Waals surface area contributed by atoms with Crippen LogP contribution in [0.25, 0.3) is 0 Å². The molecule has 4 amide bonds. The summed E-state index contributed by atoms with van der Waals surface area (Å²) in [6.45, 7) is -3.42. The van der Waals surface area contributed by atoms with Gasteiger partial charge in [0.2, 0.25) is 23.6 Å². The molecule has 58 nitrogen and oxygen atoms in total. The van der Waals surface area contributed by atoms with Crippen LogP contribution in [-0.4, -0.2) is 576 Å². The zero-order valence-corrected chi connectivity index (χ0v) is 74.3. The van der Waals surface area contributed by atoms with E-state index in [9.17, 15) is 167 Å². The molecule has 0 aromatic carbocycles. The van der Waals surface area contributed by atoms with Crippen LogP contribution in [0.3, 0.4) is 0 Å². The highest BCUT2D eigenvalue weighted by molar-refractivity contribution is 5.74. The molecule has 11 fully saturated rings. The Labute approximate surface area is 773 Å². The fraction of sp³-hybridized carbons (Fsp3) is 0.949. The van der Waals surface area contributed by atoms with Crippen LogP contribution in [0.5, 0.6) is 0 Å². The molecule has 33 N–H and O–H groups in total. The number of rotatable bonds is 36. The van der Waals surface area contributed by atoms with E-state index in [0.717, 1.165) is 27.7 Å².